The largest absolute Gasteiger partial charge is 0.384 e. The number of carbonyl (C=O) groups excluding carboxylic acids is 1. The molecule has 5 heteroatoms. The molecule has 0 saturated heterocycles. The van der Waals surface area contributed by atoms with Crippen molar-refractivity contribution in [3.05, 3.63) is 59.2 Å². The maximum atomic E-state index is 13.3. The van der Waals surface area contributed by atoms with Crippen LogP contribution in [-0.4, -0.2) is 22.6 Å². The fourth-order valence-corrected chi connectivity index (χ4v) is 1.77. The smallest absolute Gasteiger partial charge is 0.257 e. The van der Waals surface area contributed by atoms with Crippen LogP contribution in [0, 0.1) is 24.6 Å². The first-order valence-electron chi connectivity index (χ1n) is 6.23. The standard InChI is InChI=1S/C16H13FN2O2/c1-11-9-14(6-7-18-11)19-16(21)15-10-13(17)5-4-12(15)3-2-8-20/h4-7,9-10,20H,8H2,1H3,(H,18,19,21). The highest BCUT2D eigenvalue weighted by Crippen LogP contribution is 2.14. The molecular formula is C16H13FN2O2. The van der Waals surface area contributed by atoms with Gasteiger partial charge in [-0.2, -0.15) is 0 Å². The highest BCUT2D eigenvalue weighted by Gasteiger charge is 2.12. The van der Waals surface area contributed by atoms with Crippen LogP contribution in [0.4, 0.5) is 10.1 Å². The van der Waals surface area contributed by atoms with Gasteiger partial charge < -0.3 is 10.4 Å². The van der Waals surface area contributed by atoms with Crippen LogP contribution in [0.25, 0.3) is 0 Å². The zero-order valence-electron chi connectivity index (χ0n) is 11.4. The second kappa shape index (κ2) is 6.64. The summed E-state index contributed by atoms with van der Waals surface area (Å²) in [6.45, 7) is 1.47. The van der Waals surface area contributed by atoms with Crippen molar-refractivity contribution in [3.8, 4) is 11.8 Å². The number of aliphatic hydroxyl groups is 1. The van der Waals surface area contributed by atoms with E-state index < -0.39 is 11.7 Å². The van der Waals surface area contributed by atoms with Crippen molar-refractivity contribution < 1.29 is 14.3 Å². The second-order valence-electron chi connectivity index (χ2n) is 4.29. The van der Waals surface area contributed by atoms with Gasteiger partial charge in [-0.3, -0.25) is 9.78 Å². The number of rotatable bonds is 2. The molecule has 0 aliphatic heterocycles. The highest BCUT2D eigenvalue weighted by molar-refractivity contribution is 6.06. The van der Waals surface area contributed by atoms with Crippen molar-refractivity contribution in [2.75, 3.05) is 11.9 Å². The van der Waals surface area contributed by atoms with E-state index in [4.69, 9.17) is 5.11 Å². The molecule has 4 nitrogen and oxygen atoms in total. The van der Waals surface area contributed by atoms with Crippen molar-refractivity contribution in [1.82, 2.24) is 4.98 Å². The lowest BCUT2D eigenvalue weighted by Gasteiger charge is -2.07. The van der Waals surface area contributed by atoms with Crippen molar-refractivity contribution in [3.63, 3.8) is 0 Å². The molecule has 2 aromatic rings. The van der Waals surface area contributed by atoms with E-state index in [0.717, 1.165) is 11.8 Å². The Hall–Kier alpha value is -2.71. The summed E-state index contributed by atoms with van der Waals surface area (Å²) < 4.78 is 13.3. The minimum atomic E-state index is -0.527. The van der Waals surface area contributed by atoms with Gasteiger partial charge in [0.25, 0.3) is 5.91 Å². The van der Waals surface area contributed by atoms with E-state index >= 15 is 0 Å². The molecule has 106 valence electrons. The monoisotopic (exact) mass is 284 g/mol. The molecular weight excluding hydrogens is 271 g/mol. The molecule has 0 saturated carbocycles. The second-order valence-corrected chi connectivity index (χ2v) is 4.29. The number of nitrogens with zero attached hydrogens (tertiary/aromatic N) is 1. The van der Waals surface area contributed by atoms with E-state index in [1.807, 2.05) is 0 Å². The van der Waals surface area contributed by atoms with Gasteiger partial charge in [-0.15, -0.1) is 0 Å². The number of aliphatic hydroxyl groups excluding tert-OH is 1. The summed E-state index contributed by atoms with van der Waals surface area (Å²) in [4.78, 5) is 16.3. The zero-order valence-corrected chi connectivity index (χ0v) is 11.4. The van der Waals surface area contributed by atoms with Gasteiger partial charge in [-0.25, -0.2) is 4.39 Å². The highest BCUT2D eigenvalue weighted by atomic mass is 19.1. The number of aromatic nitrogens is 1. The third-order valence-corrected chi connectivity index (χ3v) is 2.68. The molecule has 1 heterocycles. The third-order valence-electron chi connectivity index (χ3n) is 2.68. The summed E-state index contributed by atoms with van der Waals surface area (Å²) in [5.74, 6) is 4.08. The van der Waals surface area contributed by atoms with Crippen LogP contribution in [0.15, 0.2) is 36.5 Å². The van der Waals surface area contributed by atoms with E-state index in [2.05, 4.69) is 22.1 Å². The van der Waals surface area contributed by atoms with Gasteiger partial charge in [0.1, 0.15) is 12.4 Å². The van der Waals surface area contributed by atoms with Gasteiger partial charge in [-0.05, 0) is 37.3 Å². The van der Waals surface area contributed by atoms with Crippen molar-refractivity contribution in [2.45, 2.75) is 6.92 Å². The topological polar surface area (TPSA) is 62.2 Å². The predicted molar refractivity (Wildman–Crippen MR) is 77.3 cm³/mol. The fraction of sp³-hybridized carbons (Fsp3) is 0.125. The van der Waals surface area contributed by atoms with Crippen LogP contribution < -0.4 is 5.32 Å². The molecule has 2 rings (SSSR count). The maximum absolute atomic E-state index is 13.3. The van der Waals surface area contributed by atoms with Crippen LogP contribution in [-0.2, 0) is 0 Å². The summed E-state index contributed by atoms with van der Waals surface area (Å²) in [6.07, 6.45) is 1.57. The first-order valence-corrected chi connectivity index (χ1v) is 6.23. The van der Waals surface area contributed by atoms with Crippen LogP contribution >= 0.6 is 0 Å². The van der Waals surface area contributed by atoms with Crippen molar-refractivity contribution in [2.24, 2.45) is 0 Å². The minimum absolute atomic E-state index is 0.116. The fourth-order valence-electron chi connectivity index (χ4n) is 1.77. The number of nitrogens with one attached hydrogen (secondary N) is 1. The quantitative estimate of drug-likeness (QED) is 0.830. The van der Waals surface area contributed by atoms with E-state index in [-0.39, 0.29) is 12.2 Å². The number of aryl methyl sites for hydroxylation is 1. The Balaban J connectivity index is 2.32. The average molecular weight is 284 g/mol. The van der Waals surface area contributed by atoms with E-state index in [9.17, 15) is 9.18 Å². The molecule has 1 amide bonds. The Morgan fingerprint density at radius 3 is 2.90 bits per heavy atom. The van der Waals surface area contributed by atoms with Gasteiger partial charge in [0.2, 0.25) is 0 Å². The number of hydrogen-bond acceptors (Lipinski definition) is 3. The van der Waals surface area contributed by atoms with Crippen LogP contribution in [0.3, 0.4) is 0 Å². The molecule has 0 aliphatic carbocycles. The van der Waals surface area contributed by atoms with Gasteiger partial charge in [-0.1, -0.05) is 11.8 Å². The van der Waals surface area contributed by atoms with Crippen LogP contribution in [0.1, 0.15) is 21.6 Å². The lowest BCUT2D eigenvalue weighted by molar-refractivity contribution is 0.102. The third kappa shape index (κ3) is 3.88. The molecule has 0 aliphatic rings. The zero-order chi connectivity index (χ0) is 15.2. The molecule has 0 atom stereocenters. The van der Waals surface area contributed by atoms with Crippen LogP contribution in [0.2, 0.25) is 0 Å². The molecule has 0 radical (unpaired) electrons. The molecule has 0 bridgehead atoms. The Kier molecular flexibility index (Phi) is 4.64. The van der Waals surface area contributed by atoms with Gasteiger partial charge in [0.15, 0.2) is 0 Å². The van der Waals surface area contributed by atoms with Gasteiger partial charge in [0, 0.05) is 23.1 Å². The maximum Gasteiger partial charge on any atom is 0.257 e. The Morgan fingerprint density at radius 1 is 1.38 bits per heavy atom. The number of amides is 1. The summed E-state index contributed by atoms with van der Waals surface area (Å²) in [6, 6.07) is 7.09. The number of hydrogen-bond donors (Lipinski definition) is 2. The van der Waals surface area contributed by atoms with Gasteiger partial charge >= 0.3 is 0 Å². The summed E-state index contributed by atoms with van der Waals surface area (Å²) in [5.41, 5.74) is 1.80. The predicted octanol–water partition coefficient (Wildman–Crippen LogP) is 2.13. The van der Waals surface area contributed by atoms with Crippen LogP contribution in [0.5, 0.6) is 0 Å². The summed E-state index contributed by atoms with van der Waals surface area (Å²) in [7, 11) is 0. The Morgan fingerprint density at radius 2 is 2.19 bits per heavy atom. The normalized spacial score (nSPS) is 9.67. The van der Waals surface area contributed by atoms with Crippen molar-refractivity contribution >= 4 is 11.6 Å². The Bertz CT molecular complexity index is 733. The van der Waals surface area contributed by atoms with Crippen molar-refractivity contribution in [1.29, 1.82) is 0 Å². The molecule has 1 aromatic carbocycles. The number of pyridine rings is 1. The molecule has 2 N–H and O–H groups in total. The summed E-state index contributed by atoms with van der Waals surface area (Å²) in [5, 5.41) is 11.4. The number of benzene rings is 1. The van der Waals surface area contributed by atoms with Gasteiger partial charge in [0.05, 0.1) is 5.56 Å². The molecule has 0 unspecified atom stereocenters. The first kappa shape index (κ1) is 14.7. The molecule has 1 aromatic heterocycles. The summed E-state index contributed by atoms with van der Waals surface area (Å²) >= 11 is 0. The number of halogens is 1. The van der Waals surface area contributed by atoms with E-state index in [1.54, 1.807) is 25.3 Å². The Labute approximate surface area is 121 Å². The van der Waals surface area contributed by atoms with E-state index in [0.29, 0.717) is 11.3 Å². The lowest BCUT2D eigenvalue weighted by atomic mass is 10.1. The van der Waals surface area contributed by atoms with E-state index in [1.165, 1.54) is 12.1 Å². The first-order chi connectivity index (χ1) is 10.1. The minimum Gasteiger partial charge on any atom is -0.384 e. The lowest BCUT2D eigenvalue weighted by Crippen LogP contribution is -2.14. The molecule has 21 heavy (non-hydrogen) atoms. The molecule has 0 fully saturated rings. The molecule has 0 spiro atoms. The average Bonchev–Trinajstić information content (AvgIpc) is 2.46. The number of carbonyl (C=O) groups is 1. The SMILES string of the molecule is Cc1cc(NC(=O)c2cc(F)ccc2C#CCO)ccn1. The number of anilines is 1.